The first-order chi connectivity index (χ1) is 19.8. The topological polar surface area (TPSA) is 94.1 Å². The molecule has 0 aromatic heterocycles. The molecule has 1 heterocycles. The first kappa shape index (κ1) is 27.3. The van der Waals surface area contributed by atoms with Crippen LogP contribution >= 0.6 is 0 Å². The van der Waals surface area contributed by atoms with Crippen molar-refractivity contribution in [2.75, 3.05) is 35.8 Å². The van der Waals surface area contributed by atoms with Crippen LogP contribution in [0.3, 0.4) is 0 Å². The number of carbonyl (C=O) groups excluding carboxylic acids is 3. The van der Waals surface area contributed by atoms with Crippen molar-refractivity contribution in [2.24, 2.45) is 4.99 Å². The van der Waals surface area contributed by atoms with Gasteiger partial charge in [-0.3, -0.25) is 9.59 Å². The number of hydrogen-bond donors (Lipinski definition) is 2. The van der Waals surface area contributed by atoms with Gasteiger partial charge in [0.2, 0.25) is 6.17 Å². The Bertz CT molecular complexity index is 1610. The number of urea groups is 1. The first-order valence-electron chi connectivity index (χ1n) is 13.3. The zero-order valence-corrected chi connectivity index (χ0v) is 23.2. The second-order valence-corrected chi connectivity index (χ2v) is 10.0. The monoisotopic (exact) mass is 545 g/mol. The zero-order valence-electron chi connectivity index (χ0n) is 23.2. The van der Waals surface area contributed by atoms with Gasteiger partial charge in [0.15, 0.2) is 5.78 Å². The standard InChI is InChI=1S/C33H31N5O3/c1-22-16-18-23(19-17-22)29(39)21-38-28-15-8-7-14-27(28)30(24-10-5-4-6-11-24)35-31(32(38)40)36-33(41)34-25-12-9-13-26(20-25)37(2)3/h4-20,31H,21H2,1-3H3,(H2,34,36,41). The molecule has 1 unspecified atom stereocenters. The smallest absolute Gasteiger partial charge is 0.321 e. The fourth-order valence-electron chi connectivity index (χ4n) is 4.64. The van der Waals surface area contributed by atoms with Crippen LogP contribution < -0.4 is 20.4 Å². The number of anilines is 3. The summed E-state index contributed by atoms with van der Waals surface area (Å²) >= 11 is 0. The van der Waals surface area contributed by atoms with Crippen LogP contribution in [0.5, 0.6) is 0 Å². The van der Waals surface area contributed by atoms with Gasteiger partial charge in [-0.2, -0.15) is 0 Å². The highest BCUT2D eigenvalue weighted by Gasteiger charge is 2.34. The first-order valence-corrected chi connectivity index (χ1v) is 13.3. The molecule has 0 spiro atoms. The average Bonchev–Trinajstić information content (AvgIpc) is 3.09. The van der Waals surface area contributed by atoms with Crippen LogP contribution in [0.15, 0.2) is 108 Å². The Kier molecular flexibility index (Phi) is 7.92. The summed E-state index contributed by atoms with van der Waals surface area (Å²) in [6.07, 6.45) is -1.28. The molecular formula is C33H31N5O3. The van der Waals surface area contributed by atoms with Crippen LogP contribution in [0, 0.1) is 6.92 Å². The molecule has 4 aromatic rings. The van der Waals surface area contributed by atoms with Gasteiger partial charge in [0.25, 0.3) is 5.91 Å². The van der Waals surface area contributed by atoms with Crippen LogP contribution in [-0.2, 0) is 4.79 Å². The number of aryl methyl sites for hydroxylation is 1. The summed E-state index contributed by atoms with van der Waals surface area (Å²) in [5.41, 5.74) is 5.56. The number of nitrogens with zero attached hydrogens (tertiary/aromatic N) is 3. The number of aliphatic imine (C=N–C) groups is 1. The summed E-state index contributed by atoms with van der Waals surface area (Å²) in [6.45, 7) is 1.74. The van der Waals surface area contributed by atoms with E-state index < -0.39 is 18.1 Å². The Labute approximate surface area is 239 Å². The van der Waals surface area contributed by atoms with Crippen molar-refractivity contribution in [3.63, 3.8) is 0 Å². The molecule has 2 N–H and O–H groups in total. The van der Waals surface area contributed by atoms with E-state index >= 15 is 0 Å². The maximum atomic E-state index is 14.1. The predicted octanol–water partition coefficient (Wildman–Crippen LogP) is 5.28. The molecule has 3 amide bonds. The molecule has 41 heavy (non-hydrogen) atoms. The molecule has 0 saturated carbocycles. The molecule has 1 aliphatic rings. The molecule has 0 bridgehead atoms. The summed E-state index contributed by atoms with van der Waals surface area (Å²) < 4.78 is 0. The van der Waals surface area contributed by atoms with Crippen molar-refractivity contribution in [2.45, 2.75) is 13.1 Å². The molecule has 206 valence electrons. The quantitative estimate of drug-likeness (QED) is 0.309. The average molecular weight is 546 g/mol. The summed E-state index contributed by atoms with van der Waals surface area (Å²) in [4.78, 5) is 48.7. The molecule has 0 radical (unpaired) electrons. The van der Waals surface area contributed by atoms with Gasteiger partial charge >= 0.3 is 6.03 Å². The van der Waals surface area contributed by atoms with Crippen molar-refractivity contribution in [1.82, 2.24) is 5.32 Å². The predicted molar refractivity (Wildman–Crippen MR) is 163 cm³/mol. The van der Waals surface area contributed by atoms with Gasteiger partial charge < -0.3 is 20.4 Å². The van der Waals surface area contributed by atoms with Gasteiger partial charge in [0.05, 0.1) is 17.9 Å². The molecule has 4 aromatic carbocycles. The number of para-hydroxylation sites is 1. The van der Waals surface area contributed by atoms with Crippen LogP contribution in [-0.4, -0.2) is 50.2 Å². The second-order valence-electron chi connectivity index (χ2n) is 10.0. The van der Waals surface area contributed by atoms with E-state index in [-0.39, 0.29) is 12.3 Å². The van der Waals surface area contributed by atoms with E-state index in [1.54, 1.807) is 24.3 Å². The third-order valence-corrected chi connectivity index (χ3v) is 6.82. The minimum absolute atomic E-state index is 0.207. The van der Waals surface area contributed by atoms with Crippen molar-refractivity contribution < 1.29 is 14.4 Å². The Morgan fingerprint density at radius 1 is 0.878 bits per heavy atom. The van der Waals surface area contributed by atoms with Gasteiger partial charge in [-0.25, -0.2) is 9.79 Å². The van der Waals surface area contributed by atoms with Crippen molar-refractivity contribution in [3.05, 3.63) is 125 Å². The van der Waals surface area contributed by atoms with E-state index in [1.807, 2.05) is 105 Å². The molecule has 0 saturated heterocycles. The minimum Gasteiger partial charge on any atom is -0.378 e. The maximum absolute atomic E-state index is 14.1. The van der Waals surface area contributed by atoms with E-state index in [0.29, 0.717) is 28.2 Å². The lowest BCUT2D eigenvalue weighted by Crippen LogP contribution is -2.49. The highest BCUT2D eigenvalue weighted by molar-refractivity contribution is 6.21. The second kappa shape index (κ2) is 11.9. The van der Waals surface area contributed by atoms with Crippen molar-refractivity contribution >= 4 is 40.5 Å². The van der Waals surface area contributed by atoms with Gasteiger partial charge in [0, 0.05) is 42.2 Å². The Hall–Kier alpha value is -5.24. The summed E-state index contributed by atoms with van der Waals surface area (Å²) in [7, 11) is 3.82. The molecule has 0 aliphatic carbocycles. The lowest BCUT2D eigenvalue weighted by atomic mass is 10.00. The molecule has 1 atom stereocenters. The number of rotatable bonds is 7. The fraction of sp³-hybridized carbons (Fsp3) is 0.152. The molecule has 5 rings (SSSR count). The molecule has 8 nitrogen and oxygen atoms in total. The minimum atomic E-state index is -1.28. The Balaban J connectivity index is 1.51. The third-order valence-electron chi connectivity index (χ3n) is 6.82. The summed E-state index contributed by atoms with van der Waals surface area (Å²) in [5.74, 6) is -0.735. The number of carbonyl (C=O) groups is 3. The lowest BCUT2D eigenvalue weighted by Gasteiger charge is -2.25. The number of nitrogens with one attached hydrogen (secondary N) is 2. The number of hydrogen-bond acceptors (Lipinski definition) is 5. The Morgan fingerprint density at radius 2 is 1.59 bits per heavy atom. The van der Waals surface area contributed by atoms with Gasteiger partial charge in [0.1, 0.15) is 0 Å². The number of ketones is 1. The summed E-state index contributed by atoms with van der Waals surface area (Å²) in [6, 6.07) is 30.8. The van der Waals surface area contributed by atoms with Gasteiger partial charge in [-0.15, -0.1) is 0 Å². The van der Waals surface area contributed by atoms with Crippen LogP contribution in [0.1, 0.15) is 27.0 Å². The summed E-state index contributed by atoms with van der Waals surface area (Å²) in [5, 5.41) is 5.54. The molecule has 0 fully saturated rings. The number of amides is 3. The largest absolute Gasteiger partial charge is 0.378 e. The van der Waals surface area contributed by atoms with Gasteiger partial charge in [-0.05, 0) is 31.2 Å². The van der Waals surface area contributed by atoms with Crippen LogP contribution in [0.25, 0.3) is 0 Å². The van der Waals surface area contributed by atoms with E-state index in [4.69, 9.17) is 4.99 Å². The number of fused-ring (bicyclic) bond motifs is 1. The van der Waals surface area contributed by atoms with E-state index in [0.717, 1.165) is 16.8 Å². The highest BCUT2D eigenvalue weighted by atomic mass is 16.2. The fourth-order valence-corrected chi connectivity index (χ4v) is 4.64. The normalized spacial score (nSPS) is 14.4. The van der Waals surface area contributed by atoms with Crippen molar-refractivity contribution in [3.8, 4) is 0 Å². The zero-order chi connectivity index (χ0) is 28.9. The lowest BCUT2D eigenvalue weighted by molar-refractivity contribution is -0.120. The van der Waals surface area contributed by atoms with E-state index in [2.05, 4.69) is 10.6 Å². The van der Waals surface area contributed by atoms with E-state index in [1.165, 1.54) is 4.90 Å². The van der Waals surface area contributed by atoms with Crippen LogP contribution in [0.2, 0.25) is 0 Å². The highest BCUT2D eigenvalue weighted by Crippen LogP contribution is 2.29. The maximum Gasteiger partial charge on any atom is 0.321 e. The third kappa shape index (κ3) is 6.17. The molecule has 1 aliphatic heterocycles. The number of benzene rings is 4. The SMILES string of the molecule is Cc1ccc(C(=O)CN2C(=O)C(NC(=O)Nc3cccc(N(C)C)c3)N=C(c3ccccc3)c3ccccc32)cc1. The van der Waals surface area contributed by atoms with Crippen LogP contribution in [0.4, 0.5) is 21.9 Å². The van der Waals surface area contributed by atoms with E-state index in [9.17, 15) is 14.4 Å². The molecule has 8 heteroatoms. The number of Topliss-reactive ketones (excluding diaryl/α,β-unsaturated/α-hetero) is 1. The molecular weight excluding hydrogens is 514 g/mol. The van der Waals surface area contributed by atoms with Crippen molar-refractivity contribution in [1.29, 1.82) is 0 Å². The Morgan fingerprint density at radius 3 is 2.32 bits per heavy atom. The number of benzodiazepines with no additional fused rings is 1. The van der Waals surface area contributed by atoms with Gasteiger partial charge in [-0.1, -0.05) is 84.4 Å².